The first-order chi connectivity index (χ1) is 12.5. The van der Waals surface area contributed by atoms with E-state index in [0.717, 1.165) is 10.5 Å². The zero-order valence-electron chi connectivity index (χ0n) is 14.4. The molecule has 0 heterocycles. The summed E-state index contributed by atoms with van der Waals surface area (Å²) in [6, 6.07) is 13.4. The van der Waals surface area contributed by atoms with Crippen LogP contribution in [0, 0.1) is 5.82 Å². The van der Waals surface area contributed by atoms with E-state index < -0.39 is 23.7 Å². The molecule has 0 bridgehead atoms. The lowest BCUT2D eigenvalue weighted by molar-refractivity contribution is -0.131. The Morgan fingerprint density at radius 3 is 2.46 bits per heavy atom. The van der Waals surface area contributed by atoms with Crippen LogP contribution >= 0.6 is 11.8 Å². The Balaban J connectivity index is 1.81. The molecule has 0 aliphatic rings. The minimum atomic E-state index is -0.977. The van der Waals surface area contributed by atoms with E-state index in [-0.39, 0.29) is 5.75 Å². The third-order valence-electron chi connectivity index (χ3n) is 3.36. The Labute approximate surface area is 155 Å². The fourth-order valence-electron chi connectivity index (χ4n) is 1.94. The van der Waals surface area contributed by atoms with Gasteiger partial charge in [0, 0.05) is 11.0 Å². The summed E-state index contributed by atoms with van der Waals surface area (Å²) in [5.74, 6) is -1.69. The average Bonchev–Trinajstić information content (AvgIpc) is 2.66. The van der Waals surface area contributed by atoms with Crippen molar-refractivity contribution in [3.63, 3.8) is 0 Å². The number of hydrogen-bond acceptors (Lipinski definition) is 4. The van der Waals surface area contributed by atoms with E-state index in [2.05, 4.69) is 10.9 Å². The second kappa shape index (κ2) is 9.62. The molecule has 2 amide bonds. The van der Waals surface area contributed by atoms with Crippen LogP contribution in [0.2, 0.25) is 0 Å². The van der Waals surface area contributed by atoms with Crippen molar-refractivity contribution in [2.75, 3.05) is 6.26 Å². The highest BCUT2D eigenvalue weighted by atomic mass is 32.2. The summed E-state index contributed by atoms with van der Waals surface area (Å²) in [5, 5.41) is 0. The van der Waals surface area contributed by atoms with E-state index in [1.807, 2.05) is 30.5 Å². The van der Waals surface area contributed by atoms with E-state index in [1.165, 1.54) is 31.2 Å². The van der Waals surface area contributed by atoms with Gasteiger partial charge in [0.2, 0.25) is 0 Å². The zero-order chi connectivity index (χ0) is 18.9. The molecule has 2 aromatic rings. The summed E-state index contributed by atoms with van der Waals surface area (Å²) < 4.78 is 18.7. The Hall–Kier alpha value is -2.80. The molecule has 0 aromatic heterocycles. The molecule has 0 aliphatic carbocycles. The van der Waals surface area contributed by atoms with E-state index in [1.54, 1.807) is 23.9 Å². The van der Waals surface area contributed by atoms with Gasteiger partial charge in [-0.1, -0.05) is 24.3 Å². The smallest absolute Gasteiger partial charge is 0.279 e. The highest BCUT2D eigenvalue weighted by Crippen LogP contribution is 2.17. The van der Waals surface area contributed by atoms with Gasteiger partial charge < -0.3 is 4.74 Å². The van der Waals surface area contributed by atoms with E-state index in [4.69, 9.17) is 4.74 Å². The monoisotopic (exact) mass is 374 g/mol. The van der Waals surface area contributed by atoms with Crippen molar-refractivity contribution in [1.29, 1.82) is 0 Å². The van der Waals surface area contributed by atoms with Gasteiger partial charge in [-0.15, -0.1) is 11.8 Å². The third-order valence-corrected chi connectivity index (χ3v) is 4.11. The molecule has 7 heteroatoms. The number of benzene rings is 2. The van der Waals surface area contributed by atoms with Crippen LogP contribution in [0.4, 0.5) is 4.39 Å². The normalized spacial score (nSPS) is 11.8. The summed E-state index contributed by atoms with van der Waals surface area (Å²) in [5.41, 5.74) is 5.35. The lowest BCUT2D eigenvalue weighted by Crippen LogP contribution is -2.46. The number of carbonyl (C=O) groups excluding carboxylic acids is 2. The molecule has 0 saturated carbocycles. The van der Waals surface area contributed by atoms with Gasteiger partial charge in [0.15, 0.2) is 17.7 Å². The van der Waals surface area contributed by atoms with Gasteiger partial charge in [-0.25, -0.2) is 4.39 Å². The van der Waals surface area contributed by atoms with Crippen molar-refractivity contribution in [3.05, 3.63) is 66.0 Å². The van der Waals surface area contributed by atoms with E-state index in [9.17, 15) is 14.0 Å². The molecule has 0 saturated heterocycles. The van der Waals surface area contributed by atoms with Crippen LogP contribution in [0.1, 0.15) is 12.5 Å². The number of nitrogens with one attached hydrogen (secondary N) is 2. The standard InChI is InChI=1S/C19H19FN2O3S/c1-13(25-17-6-4-3-5-16(17)20)19(24)22-21-18(23)12-9-14-7-10-15(26-2)11-8-14/h3-13H,1-2H3,(H,21,23)(H,22,24)/b12-9+. The van der Waals surface area contributed by atoms with Crippen molar-refractivity contribution in [2.24, 2.45) is 0 Å². The number of carbonyl (C=O) groups is 2. The summed E-state index contributed by atoms with van der Waals surface area (Å²) in [6.07, 6.45) is 3.94. The number of rotatable bonds is 6. The van der Waals surface area contributed by atoms with Gasteiger partial charge in [-0.2, -0.15) is 0 Å². The van der Waals surface area contributed by atoms with E-state index in [0.29, 0.717) is 0 Å². The van der Waals surface area contributed by atoms with Crippen molar-refractivity contribution in [3.8, 4) is 5.75 Å². The molecule has 5 nitrogen and oxygen atoms in total. The first kappa shape index (κ1) is 19.5. The van der Waals surface area contributed by atoms with Crippen LogP contribution in [-0.2, 0) is 9.59 Å². The minimum Gasteiger partial charge on any atom is -0.478 e. The second-order valence-corrected chi connectivity index (χ2v) is 6.16. The van der Waals surface area contributed by atoms with Crippen molar-refractivity contribution >= 4 is 29.7 Å². The lowest BCUT2D eigenvalue weighted by Gasteiger charge is -2.15. The van der Waals surface area contributed by atoms with Crippen molar-refractivity contribution in [1.82, 2.24) is 10.9 Å². The average molecular weight is 374 g/mol. The number of amides is 2. The van der Waals surface area contributed by atoms with Crippen LogP contribution < -0.4 is 15.6 Å². The number of thioether (sulfide) groups is 1. The molecule has 1 unspecified atom stereocenters. The molecule has 0 fully saturated rings. The van der Waals surface area contributed by atoms with Gasteiger partial charge in [0.1, 0.15) is 0 Å². The SMILES string of the molecule is CSc1ccc(/C=C/C(=O)NNC(=O)C(C)Oc2ccccc2F)cc1. The fraction of sp³-hybridized carbons (Fsp3) is 0.158. The molecular weight excluding hydrogens is 355 g/mol. The van der Waals surface area contributed by atoms with Gasteiger partial charge in [-0.3, -0.25) is 20.4 Å². The molecule has 136 valence electrons. The van der Waals surface area contributed by atoms with Crippen LogP contribution in [0.5, 0.6) is 5.75 Å². The van der Waals surface area contributed by atoms with Gasteiger partial charge in [0.05, 0.1) is 0 Å². The Kier molecular flexibility index (Phi) is 7.23. The largest absolute Gasteiger partial charge is 0.478 e. The summed E-state index contributed by atoms with van der Waals surface area (Å²) in [6.45, 7) is 1.46. The highest BCUT2D eigenvalue weighted by Gasteiger charge is 2.16. The minimum absolute atomic E-state index is 0.0324. The maximum absolute atomic E-state index is 13.5. The molecule has 26 heavy (non-hydrogen) atoms. The Bertz CT molecular complexity index is 794. The second-order valence-electron chi connectivity index (χ2n) is 5.28. The maximum atomic E-state index is 13.5. The molecule has 0 radical (unpaired) electrons. The van der Waals surface area contributed by atoms with Gasteiger partial charge >= 0.3 is 0 Å². The predicted molar refractivity (Wildman–Crippen MR) is 100 cm³/mol. The van der Waals surface area contributed by atoms with Crippen LogP contribution in [0.15, 0.2) is 59.5 Å². The zero-order valence-corrected chi connectivity index (χ0v) is 15.2. The molecule has 2 rings (SSSR count). The van der Waals surface area contributed by atoms with Crippen LogP contribution in [0.3, 0.4) is 0 Å². The van der Waals surface area contributed by atoms with Crippen LogP contribution in [0.25, 0.3) is 6.08 Å². The first-order valence-electron chi connectivity index (χ1n) is 7.82. The summed E-state index contributed by atoms with van der Waals surface area (Å²) in [7, 11) is 0. The third kappa shape index (κ3) is 5.93. The molecular formula is C19H19FN2O3S. The summed E-state index contributed by atoms with van der Waals surface area (Å²) in [4.78, 5) is 24.8. The Morgan fingerprint density at radius 1 is 1.12 bits per heavy atom. The number of para-hydroxylation sites is 1. The maximum Gasteiger partial charge on any atom is 0.279 e. The molecule has 2 N–H and O–H groups in total. The predicted octanol–water partition coefficient (Wildman–Crippen LogP) is 3.18. The fourth-order valence-corrected chi connectivity index (χ4v) is 2.35. The number of hydrogen-bond donors (Lipinski definition) is 2. The molecule has 2 aromatic carbocycles. The van der Waals surface area contributed by atoms with Gasteiger partial charge in [0.25, 0.3) is 11.8 Å². The van der Waals surface area contributed by atoms with Gasteiger partial charge in [-0.05, 0) is 49.1 Å². The van der Waals surface area contributed by atoms with Crippen molar-refractivity contribution in [2.45, 2.75) is 17.9 Å². The summed E-state index contributed by atoms with van der Waals surface area (Å²) >= 11 is 1.63. The first-order valence-corrected chi connectivity index (χ1v) is 9.05. The molecule has 0 aliphatic heterocycles. The van der Waals surface area contributed by atoms with Crippen molar-refractivity contribution < 1.29 is 18.7 Å². The number of ether oxygens (including phenoxy) is 1. The number of halogens is 1. The quantitative estimate of drug-likeness (QED) is 0.463. The van der Waals surface area contributed by atoms with Crippen LogP contribution in [-0.4, -0.2) is 24.2 Å². The Morgan fingerprint density at radius 2 is 1.81 bits per heavy atom. The topological polar surface area (TPSA) is 67.4 Å². The lowest BCUT2D eigenvalue weighted by atomic mass is 10.2. The number of hydrazine groups is 1. The molecule has 0 spiro atoms. The highest BCUT2D eigenvalue weighted by molar-refractivity contribution is 7.98. The molecule has 1 atom stereocenters. The van der Waals surface area contributed by atoms with E-state index >= 15 is 0 Å².